The molecule has 0 aliphatic rings. The molecule has 2 heterocycles. The van der Waals surface area contributed by atoms with Crippen molar-refractivity contribution in [3.05, 3.63) is 40.2 Å². The molecule has 1 aromatic carbocycles. The van der Waals surface area contributed by atoms with E-state index < -0.39 is 0 Å². The van der Waals surface area contributed by atoms with Crippen LogP contribution in [0.3, 0.4) is 0 Å². The van der Waals surface area contributed by atoms with E-state index in [1.165, 1.54) is 5.39 Å². The number of fused-ring (bicyclic) bond motifs is 3. The molecule has 68 valence electrons. The molecule has 3 aromatic rings. The van der Waals surface area contributed by atoms with Gasteiger partial charge in [-0.2, -0.15) is 0 Å². The zero-order valence-electron chi connectivity index (χ0n) is 7.18. The minimum atomic E-state index is 0.896. The molecule has 0 fully saturated rings. The molecule has 0 saturated heterocycles. The lowest BCUT2D eigenvalue weighted by Crippen LogP contribution is -1.89. The average Bonchev–Trinajstić information content (AvgIpc) is 2.61. The zero-order chi connectivity index (χ0) is 9.54. The first-order valence-corrected chi connectivity index (χ1v) is 5.32. The molecular weight excluding hydrogens is 289 g/mol. The fraction of sp³-hybridized carbons (Fsp3) is 0. The maximum absolute atomic E-state index is 4.07. The highest BCUT2D eigenvalue weighted by atomic mass is 127. The van der Waals surface area contributed by atoms with E-state index in [9.17, 15) is 0 Å². The molecular formula is C10H6IN3. The molecule has 0 N–H and O–H groups in total. The van der Waals surface area contributed by atoms with Crippen molar-refractivity contribution in [1.82, 2.24) is 14.6 Å². The number of halogens is 1. The molecule has 3 nitrogen and oxygen atoms in total. The van der Waals surface area contributed by atoms with E-state index in [1.54, 1.807) is 0 Å². The van der Waals surface area contributed by atoms with Crippen LogP contribution in [-0.2, 0) is 0 Å². The summed E-state index contributed by atoms with van der Waals surface area (Å²) in [5, 5.41) is 9.33. The van der Waals surface area contributed by atoms with Gasteiger partial charge in [-0.05, 0) is 23.6 Å². The highest BCUT2D eigenvalue weighted by Crippen LogP contribution is 2.17. The molecule has 0 atom stereocenters. The van der Waals surface area contributed by atoms with Crippen LogP contribution in [0, 0.1) is 3.83 Å². The molecule has 0 aliphatic heterocycles. The van der Waals surface area contributed by atoms with Crippen molar-refractivity contribution in [2.45, 2.75) is 0 Å². The number of benzene rings is 1. The zero-order valence-corrected chi connectivity index (χ0v) is 9.34. The van der Waals surface area contributed by atoms with Crippen LogP contribution in [-0.4, -0.2) is 14.6 Å². The van der Waals surface area contributed by atoms with Gasteiger partial charge >= 0.3 is 0 Å². The largest absolute Gasteiger partial charge is 0.270 e. The van der Waals surface area contributed by atoms with Gasteiger partial charge in [-0.25, -0.2) is 0 Å². The van der Waals surface area contributed by atoms with Crippen LogP contribution in [0.2, 0.25) is 0 Å². The molecule has 0 unspecified atom stereocenters. The van der Waals surface area contributed by atoms with Gasteiger partial charge in [-0.15, -0.1) is 10.2 Å². The smallest absolute Gasteiger partial charge is 0.199 e. The maximum Gasteiger partial charge on any atom is 0.199 e. The van der Waals surface area contributed by atoms with Crippen molar-refractivity contribution in [3.8, 4) is 0 Å². The van der Waals surface area contributed by atoms with Gasteiger partial charge in [-0.3, -0.25) is 4.40 Å². The highest BCUT2D eigenvalue weighted by Gasteiger charge is 2.04. The van der Waals surface area contributed by atoms with Crippen LogP contribution >= 0.6 is 22.6 Å². The molecule has 14 heavy (non-hydrogen) atoms. The van der Waals surface area contributed by atoms with Gasteiger partial charge in [0.05, 0.1) is 5.52 Å². The summed E-state index contributed by atoms with van der Waals surface area (Å²) in [6.45, 7) is 0. The predicted octanol–water partition coefficient (Wildman–Crippen LogP) is 2.49. The summed E-state index contributed by atoms with van der Waals surface area (Å²) in [7, 11) is 0. The first-order chi connectivity index (χ1) is 6.86. The second kappa shape index (κ2) is 2.91. The van der Waals surface area contributed by atoms with E-state index in [0.717, 1.165) is 15.0 Å². The van der Waals surface area contributed by atoms with Crippen LogP contribution in [0.5, 0.6) is 0 Å². The van der Waals surface area contributed by atoms with E-state index >= 15 is 0 Å². The fourth-order valence-electron chi connectivity index (χ4n) is 1.60. The summed E-state index contributed by atoms with van der Waals surface area (Å²) in [5.74, 6) is 0. The van der Waals surface area contributed by atoms with Crippen molar-refractivity contribution in [3.63, 3.8) is 0 Å². The van der Waals surface area contributed by atoms with E-state index in [2.05, 4.69) is 55.4 Å². The second-order valence-corrected chi connectivity index (χ2v) is 4.02. The standard InChI is InChI=1S/C10H6IN3/c11-10-13-12-9-6-5-7-3-1-2-4-8(7)14(9)10/h1-6H. The summed E-state index contributed by atoms with van der Waals surface area (Å²) in [6, 6.07) is 12.3. The molecule has 0 amide bonds. The summed E-state index contributed by atoms with van der Waals surface area (Å²) >= 11 is 2.19. The fourth-order valence-corrected chi connectivity index (χ4v) is 2.22. The highest BCUT2D eigenvalue weighted by molar-refractivity contribution is 14.1. The molecule has 3 rings (SSSR count). The lowest BCUT2D eigenvalue weighted by atomic mass is 10.2. The summed E-state index contributed by atoms with van der Waals surface area (Å²) in [5.41, 5.74) is 2.05. The SMILES string of the molecule is Ic1nnc2ccc3ccccc3n12. The first-order valence-electron chi connectivity index (χ1n) is 4.25. The van der Waals surface area contributed by atoms with Gasteiger partial charge in [-0.1, -0.05) is 18.2 Å². The van der Waals surface area contributed by atoms with E-state index in [-0.39, 0.29) is 0 Å². The average molecular weight is 295 g/mol. The van der Waals surface area contributed by atoms with Gasteiger partial charge in [0.15, 0.2) is 9.48 Å². The molecule has 4 heteroatoms. The minimum Gasteiger partial charge on any atom is -0.270 e. The Morgan fingerprint density at radius 2 is 1.86 bits per heavy atom. The van der Waals surface area contributed by atoms with Crippen molar-refractivity contribution in [1.29, 1.82) is 0 Å². The maximum atomic E-state index is 4.07. The van der Waals surface area contributed by atoms with Crippen LogP contribution in [0.15, 0.2) is 36.4 Å². The van der Waals surface area contributed by atoms with Crippen molar-refractivity contribution >= 4 is 39.1 Å². The Morgan fingerprint density at radius 1 is 1.00 bits per heavy atom. The number of nitrogens with zero attached hydrogens (tertiary/aromatic N) is 3. The topological polar surface area (TPSA) is 30.2 Å². The lowest BCUT2D eigenvalue weighted by molar-refractivity contribution is 1.06. The summed E-state index contributed by atoms with van der Waals surface area (Å²) in [6.07, 6.45) is 0. The minimum absolute atomic E-state index is 0.896. The Hall–Kier alpha value is -1.17. The van der Waals surface area contributed by atoms with Crippen LogP contribution < -0.4 is 0 Å². The quantitative estimate of drug-likeness (QED) is 0.596. The monoisotopic (exact) mass is 295 g/mol. The third-order valence-electron chi connectivity index (χ3n) is 2.24. The number of hydrogen-bond donors (Lipinski definition) is 0. The molecule has 2 aromatic heterocycles. The molecule has 0 saturated carbocycles. The van der Waals surface area contributed by atoms with Crippen LogP contribution in [0.1, 0.15) is 0 Å². The Bertz CT molecular complexity index is 615. The number of aromatic nitrogens is 3. The Balaban J connectivity index is 2.65. The normalized spacial score (nSPS) is 11.2. The third-order valence-corrected chi connectivity index (χ3v) is 2.94. The summed E-state index contributed by atoms with van der Waals surface area (Å²) in [4.78, 5) is 0. The first kappa shape index (κ1) is 8.16. The second-order valence-electron chi connectivity index (χ2n) is 3.05. The van der Waals surface area contributed by atoms with Crippen molar-refractivity contribution < 1.29 is 0 Å². The van der Waals surface area contributed by atoms with Gasteiger partial charge in [0.1, 0.15) is 0 Å². The van der Waals surface area contributed by atoms with Gasteiger partial charge in [0, 0.05) is 22.6 Å². The predicted molar refractivity (Wildman–Crippen MR) is 63.2 cm³/mol. The molecule has 0 aliphatic carbocycles. The number of para-hydroxylation sites is 1. The number of rotatable bonds is 0. The number of hydrogen-bond acceptors (Lipinski definition) is 2. The third kappa shape index (κ3) is 1.03. The van der Waals surface area contributed by atoms with E-state index in [0.29, 0.717) is 0 Å². The molecule has 0 radical (unpaired) electrons. The van der Waals surface area contributed by atoms with Gasteiger partial charge in [0.25, 0.3) is 0 Å². The van der Waals surface area contributed by atoms with Crippen LogP contribution in [0.25, 0.3) is 16.6 Å². The molecule has 0 spiro atoms. The van der Waals surface area contributed by atoms with Gasteiger partial charge < -0.3 is 0 Å². The van der Waals surface area contributed by atoms with E-state index in [4.69, 9.17) is 0 Å². The van der Waals surface area contributed by atoms with Crippen LogP contribution in [0.4, 0.5) is 0 Å². The number of pyridine rings is 1. The Labute approximate surface area is 93.9 Å². The van der Waals surface area contributed by atoms with Crippen molar-refractivity contribution in [2.24, 2.45) is 0 Å². The van der Waals surface area contributed by atoms with E-state index in [1.807, 2.05) is 18.2 Å². The Kier molecular flexibility index (Phi) is 1.70. The summed E-state index contributed by atoms with van der Waals surface area (Å²) < 4.78 is 2.95. The van der Waals surface area contributed by atoms with Gasteiger partial charge in [0.2, 0.25) is 0 Å². The lowest BCUT2D eigenvalue weighted by Gasteiger charge is -2.00. The van der Waals surface area contributed by atoms with Crippen molar-refractivity contribution in [2.75, 3.05) is 0 Å². The molecule has 0 bridgehead atoms. The Morgan fingerprint density at radius 3 is 2.79 bits per heavy atom.